The number of rotatable bonds is 7. The van der Waals surface area contributed by atoms with Gasteiger partial charge in [-0.1, -0.05) is 6.58 Å². The standard InChI is InChI=1S/C25H28FN3O16/c1-9(30)15(31)13-10(7-29(19(13)35)23(39)21(37)27-22(38)24(40,41)25(23,42)43)20(36)45-8-12-14(26)11(16(32)18(34)17(12)33)6-28-2-4-44-5-3-28/h30-34,36,39-43H,1-8H2,(H,27,37,38)/b15-13-,20-10+. The van der Waals surface area contributed by atoms with E-state index in [2.05, 4.69) is 6.58 Å². The molecule has 0 radical (unpaired) electrons. The van der Waals surface area contributed by atoms with Crippen molar-refractivity contribution in [1.82, 2.24) is 15.1 Å². The number of imide groups is 1. The van der Waals surface area contributed by atoms with Gasteiger partial charge in [0, 0.05) is 25.2 Å². The van der Waals surface area contributed by atoms with E-state index in [0.717, 1.165) is 0 Å². The summed E-state index contributed by atoms with van der Waals surface area (Å²) in [6, 6.07) is 0. The largest absolute Gasteiger partial charge is 0.505 e. The number of likely N-dealkylation sites (tertiary alicyclic amines) is 1. The number of hydrogen-bond acceptors (Lipinski definition) is 17. The molecule has 3 saturated heterocycles. The molecule has 1 aromatic rings. The van der Waals surface area contributed by atoms with Crippen molar-refractivity contribution >= 4 is 17.7 Å². The Kier molecular flexibility index (Phi) is 8.37. The normalized spacial score (nSPS) is 25.6. The van der Waals surface area contributed by atoms with Crippen LogP contribution < -0.4 is 5.32 Å². The molecular weight excluding hydrogens is 617 g/mol. The molecule has 19 nitrogen and oxygen atoms in total. The van der Waals surface area contributed by atoms with Crippen LogP contribution in [-0.4, -0.2) is 134 Å². The molecule has 3 fully saturated rings. The number of morpholine rings is 1. The van der Waals surface area contributed by atoms with Crippen LogP contribution in [0, 0.1) is 5.82 Å². The average Bonchev–Trinajstić information content (AvgIpc) is 3.33. The molecule has 0 spiro atoms. The van der Waals surface area contributed by atoms with E-state index < -0.39 is 111 Å². The van der Waals surface area contributed by atoms with Crippen molar-refractivity contribution in [1.29, 1.82) is 0 Å². The van der Waals surface area contributed by atoms with Crippen molar-refractivity contribution in [3.05, 3.63) is 52.1 Å². The summed E-state index contributed by atoms with van der Waals surface area (Å²) >= 11 is 0. The van der Waals surface area contributed by atoms with E-state index >= 15 is 4.39 Å². The van der Waals surface area contributed by atoms with Crippen LogP contribution in [0.15, 0.2) is 35.2 Å². The van der Waals surface area contributed by atoms with E-state index in [1.54, 1.807) is 4.90 Å². The fraction of sp³-hybridized carbons (Fsp3) is 0.400. The van der Waals surface area contributed by atoms with E-state index in [9.17, 15) is 70.6 Å². The number of hydrogen-bond donors (Lipinski definition) is 12. The lowest BCUT2D eigenvalue weighted by Gasteiger charge is -2.49. The smallest absolute Gasteiger partial charge is 0.306 e. The first-order valence-electron chi connectivity index (χ1n) is 12.7. The molecule has 1 unspecified atom stereocenters. The van der Waals surface area contributed by atoms with Crippen molar-refractivity contribution < 1.29 is 84.4 Å². The zero-order valence-electron chi connectivity index (χ0n) is 22.9. The van der Waals surface area contributed by atoms with E-state index in [-0.39, 0.29) is 11.4 Å². The zero-order chi connectivity index (χ0) is 33.8. The summed E-state index contributed by atoms with van der Waals surface area (Å²) < 4.78 is 25.7. The second kappa shape index (κ2) is 11.3. The van der Waals surface area contributed by atoms with Gasteiger partial charge in [-0.2, -0.15) is 0 Å². The van der Waals surface area contributed by atoms with E-state index in [1.807, 2.05) is 0 Å². The average molecular weight is 646 g/mol. The van der Waals surface area contributed by atoms with Gasteiger partial charge in [-0.15, -0.1) is 0 Å². The molecule has 3 aliphatic heterocycles. The molecule has 246 valence electrons. The number of carbonyl (C=O) groups excluding carboxylic acids is 3. The monoisotopic (exact) mass is 645 g/mol. The van der Waals surface area contributed by atoms with Gasteiger partial charge in [0.2, 0.25) is 5.75 Å². The SMILES string of the molecule is C=C(O)/C(O)=C1/C(=O)N(C2(O)C(=O)NC(=O)C(O)(O)C2(O)O)C/C1=C(/O)OCc1c(O)c(O)c(O)c(CN2CCOCC2)c1F. The predicted octanol–water partition coefficient (Wildman–Crippen LogP) is -3.51. The highest BCUT2D eigenvalue weighted by Gasteiger charge is 2.76. The number of ether oxygens (including phenoxy) is 2. The first kappa shape index (κ1) is 33.2. The van der Waals surface area contributed by atoms with Gasteiger partial charge in [-0.05, 0) is 0 Å². The second-order valence-corrected chi connectivity index (χ2v) is 10.1. The Labute approximate surface area is 250 Å². The molecule has 12 N–H and O–H groups in total. The van der Waals surface area contributed by atoms with Crippen LogP contribution in [0.1, 0.15) is 11.1 Å². The summed E-state index contributed by atoms with van der Waals surface area (Å²) in [6.45, 7) is 1.41. The molecular formula is C25H28FN3O16. The summed E-state index contributed by atoms with van der Waals surface area (Å²) in [5.74, 6) is -23.7. The highest BCUT2D eigenvalue weighted by atomic mass is 19.1. The fourth-order valence-corrected chi connectivity index (χ4v) is 4.82. The van der Waals surface area contributed by atoms with Crippen LogP contribution in [0.5, 0.6) is 17.2 Å². The number of nitrogens with one attached hydrogen (secondary N) is 1. The van der Waals surface area contributed by atoms with Gasteiger partial charge in [0.15, 0.2) is 23.0 Å². The Morgan fingerprint density at radius 1 is 0.933 bits per heavy atom. The maximum atomic E-state index is 15.5. The van der Waals surface area contributed by atoms with Gasteiger partial charge in [-0.25, -0.2) is 4.39 Å². The summed E-state index contributed by atoms with van der Waals surface area (Å²) in [6.07, 6.45) is 0. The van der Waals surface area contributed by atoms with E-state index in [1.165, 1.54) is 5.32 Å². The Bertz CT molecular complexity index is 1550. The minimum absolute atomic E-state index is 0.260. The molecule has 1 aromatic carbocycles. The minimum Gasteiger partial charge on any atom is -0.505 e. The molecule has 3 heterocycles. The molecule has 3 amide bonds. The topological polar surface area (TPSA) is 311 Å². The Balaban J connectivity index is 1.75. The maximum Gasteiger partial charge on any atom is 0.306 e. The number of aromatic hydroxyl groups is 3. The lowest BCUT2D eigenvalue weighted by Crippen LogP contribution is -2.85. The van der Waals surface area contributed by atoms with Crippen molar-refractivity contribution in [3.63, 3.8) is 0 Å². The molecule has 3 aliphatic rings. The third-order valence-electron chi connectivity index (χ3n) is 7.46. The first-order chi connectivity index (χ1) is 20.8. The fourth-order valence-electron chi connectivity index (χ4n) is 4.82. The van der Waals surface area contributed by atoms with Gasteiger partial charge >= 0.3 is 5.79 Å². The van der Waals surface area contributed by atoms with Gasteiger partial charge in [0.25, 0.3) is 35.2 Å². The number of nitrogens with zero attached hydrogens (tertiary/aromatic N) is 2. The van der Waals surface area contributed by atoms with Crippen molar-refractivity contribution in [2.45, 2.75) is 30.5 Å². The minimum atomic E-state index is -4.56. The molecule has 0 aromatic heterocycles. The van der Waals surface area contributed by atoms with Crippen LogP contribution in [0.4, 0.5) is 4.39 Å². The lowest BCUT2D eigenvalue weighted by atomic mass is 9.87. The van der Waals surface area contributed by atoms with Crippen molar-refractivity contribution in [3.8, 4) is 17.2 Å². The Morgan fingerprint density at radius 2 is 1.51 bits per heavy atom. The summed E-state index contributed by atoms with van der Waals surface area (Å²) in [4.78, 5) is 39.0. The quantitative estimate of drug-likeness (QED) is 0.0450. The van der Waals surface area contributed by atoms with E-state index in [0.29, 0.717) is 26.3 Å². The van der Waals surface area contributed by atoms with Crippen LogP contribution in [0.2, 0.25) is 0 Å². The van der Waals surface area contributed by atoms with Crippen molar-refractivity contribution in [2.75, 3.05) is 32.8 Å². The van der Waals surface area contributed by atoms with Gasteiger partial charge < -0.3 is 65.6 Å². The van der Waals surface area contributed by atoms with Crippen LogP contribution in [0.25, 0.3) is 0 Å². The van der Waals surface area contributed by atoms with Crippen LogP contribution in [0.3, 0.4) is 0 Å². The number of phenols is 3. The van der Waals surface area contributed by atoms with Crippen LogP contribution in [-0.2, 0) is 37.0 Å². The number of amides is 3. The third kappa shape index (κ3) is 5.03. The summed E-state index contributed by atoms with van der Waals surface area (Å²) in [5.41, 5.74) is -7.65. The second-order valence-electron chi connectivity index (χ2n) is 10.1. The molecule has 4 rings (SSSR count). The Morgan fingerprint density at radius 3 is 2.09 bits per heavy atom. The molecule has 45 heavy (non-hydrogen) atoms. The van der Waals surface area contributed by atoms with Crippen LogP contribution >= 0.6 is 0 Å². The molecule has 20 heteroatoms. The molecule has 0 bridgehead atoms. The number of benzene rings is 1. The first-order valence-corrected chi connectivity index (χ1v) is 12.7. The third-order valence-corrected chi connectivity index (χ3v) is 7.46. The number of aliphatic hydroxyl groups excluding tert-OH is 3. The highest BCUT2D eigenvalue weighted by molar-refractivity contribution is 6.11. The molecule has 1 atom stereocenters. The summed E-state index contributed by atoms with van der Waals surface area (Å²) in [7, 11) is 0. The molecule has 0 saturated carbocycles. The molecule has 0 aliphatic carbocycles. The summed E-state index contributed by atoms with van der Waals surface area (Å²) in [5, 5.41) is 114. The predicted molar refractivity (Wildman–Crippen MR) is 138 cm³/mol. The van der Waals surface area contributed by atoms with Gasteiger partial charge in [0.1, 0.15) is 12.4 Å². The zero-order valence-corrected chi connectivity index (χ0v) is 22.9. The number of phenolic OH excluding ortho intramolecular Hbond substituents is 3. The Hall–Kier alpha value is -4.70. The van der Waals surface area contributed by atoms with Gasteiger partial charge in [0.05, 0.1) is 36.5 Å². The number of piperidine rings is 1. The number of carbonyl (C=O) groups is 3. The lowest BCUT2D eigenvalue weighted by molar-refractivity contribution is -0.407. The van der Waals surface area contributed by atoms with Gasteiger partial charge in [-0.3, -0.25) is 29.5 Å². The van der Waals surface area contributed by atoms with E-state index in [4.69, 9.17) is 9.47 Å². The van der Waals surface area contributed by atoms with Crippen molar-refractivity contribution in [2.24, 2.45) is 0 Å². The number of aliphatic hydroxyl groups is 8. The number of halogens is 1. The highest BCUT2D eigenvalue weighted by Crippen LogP contribution is 2.45. The maximum absolute atomic E-state index is 15.5.